The zero-order chi connectivity index (χ0) is 30.6. The molecular weight excluding hydrogens is 1310 g/mol. The molecule has 40 heavy (non-hydrogen) atoms. The van der Waals surface area contributed by atoms with Gasteiger partial charge in [-0.1, -0.05) is 108 Å². The third kappa shape index (κ3) is 9.32. The predicted octanol–water partition coefficient (Wildman–Crippen LogP) is 11.9. The van der Waals surface area contributed by atoms with Crippen LogP contribution in [0.2, 0.25) is 0 Å². The molecule has 0 bridgehead atoms. The van der Waals surface area contributed by atoms with Gasteiger partial charge in [0, 0.05) is 30.0 Å². The molecule has 218 valence electrons. The van der Waals surface area contributed by atoms with Gasteiger partial charge in [-0.2, -0.15) is 0 Å². The Labute approximate surface area is 332 Å². The molecule has 3 rings (SSSR count). The normalized spacial score (nSPS) is 21.0. The lowest BCUT2D eigenvalue weighted by molar-refractivity contribution is -0.131. The van der Waals surface area contributed by atoms with Crippen LogP contribution in [0.15, 0.2) is 75.4 Å². The van der Waals surface area contributed by atoms with Crippen molar-refractivity contribution in [1.82, 2.24) is 5.32 Å². The summed E-state index contributed by atoms with van der Waals surface area (Å²) in [6, 6.07) is 6.66. The summed E-state index contributed by atoms with van der Waals surface area (Å²) < 4.78 is 13.4. The topological polar surface area (TPSA) is 64.6 Å². The molecule has 2 aromatic carbocycles. The van der Waals surface area contributed by atoms with Crippen LogP contribution in [0.3, 0.4) is 0 Å². The number of allylic oxidation sites excluding steroid dienone is 1. The molecule has 1 aliphatic carbocycles. The Morgan fingerprint density at radius 2 is 1.15 bits per heavy atom. The van der Waals surface area contributed by atoms with Crippen LogP contribution in [0.5, 0.6) is 11.5 Å². The lowest BCUT2D eigenvalue weighted by Gasteiger charge is -2.49. The van der Waals surface area contributed by atoms with Crippen molar-refractivity contribution < 1.29 is 19.1 Å². The van der Waals surface area contributed by atoms with Gasteiger partial charge in [0.05, 0.1) is 13.8 Å². The smallest absolute Gasteiger partial charge is 0.336 e. The van der Waals surface area contributed by atoms with Gasteiger partial charge < -0.3 is 14.8 Å². The van der Waals surface area contributed by atoms with Gasteiger partial charge in [0.2, 0.25) is 0 Å². The second-order valence-electron chi connectivity index (χ2n) is 7.44. The first-order valence-electron chi connectivity index (χ1n) is 10.2. The molecule has 0 saturated carbocycles. The number of carbonyl (C=O) groups excluding carboxylic acids is 2. The first-order chi connectivity index (χ1) is 18.4. The number of carbonyl (C=O) groups is 2. The summed E-state index contributed by atoms with van der Waals surface area (Å²) in [4.78, 5) is 24.0. The van der Waals surface area contributed by atoms with Crippen molar-refractivity contribution in [2.45, 2.75) is 15.7 Å². The van der Waals surface area contributed by atoms with Crippen molar-refractivity contribution in [3.8, 4) is 11.5 Å². The van der Waals surface area contributed by atoms with Crippen LogP contribution in [0.1, 0.15) is 0 Å². The summed E-state index contributed by atoms with van der Waals surface area (Å²) in [7, 11) is 1.89. The molecule has 2 aromatic rings. The van der Waals surface area contributed by atoms with Crippen LogP contribution in [0, 0.1) is 0 Å². The van der Waals surface area contributed by atoms with Crippen LogP contribution in [0.25, 0.3) is 0 Å². The zero-order valence-electron chi connectivity index (χ0n) is 19.4. The highest BCUT2D eigenvalue weighted by atomic mass is 79.9. The average molecular weight is 1330 g/mol. The molecule has 2 unspecified atom stereocenters. The zero-order valence-corrected chi connectivity index (χ0v) is 38.4. The molecule has 1 aliphatic rings. The van der Waals surface area contributed by atoms with Gasteiger partial charge in [-0.3, -0.25) is 0 Å². The quantitative estimate of drug-likeness (QED) is 0.0615. The number of nitrogens with one attached hydrogen (secondary N) is 1. The van der Waals surface area contributed by atoms with Crippen LogP contribution in [0.4, 0.5) is 0 Å². The predicted molar refractivity (Wildman–Crippen MR) is 203 cm³/mol. The van der Waals surface area contributed by atoms with E-state index in [9.17, 15) is 9.59 Å². The minimum absolute atomic E-state index is 0.160. The van der Waals surface area contributed by atoms with E-state index in [-0.39, 0.29) is 12.5 Å². The molecule has 0 saturated heterocycles. The Morgan fingerprint density at radius 3 is 1.52 bits per heavy atom. The first kappa shape index (κ1) is 38.8. The van der Waals surface area contributed by atoms with E-state index < -0.39 is 15.2 Å². The molecule has 0 radical (unpaired) electrons. The number of alkyl halides is 6. The number of benzene rings is 2. The number of rotatable bonds is 5. The minimum Gasteiger partial charge on any atom is -0.422 e. The molecule has 0 aromatic heterocycles. The van der Waals surface area contributed by atoms with Crippen LogP contribution < -0.4 is 14.8 Å². The van der Waals surface area contributed by atoms with Gasteiger partial charge in [-0.15, -0.1) is 0 Å². The monoisotopic (exact) mass is 1310 g/mol. The Kier molecular flexibility index (Phi) is 15.9. The maximum Gasteiger partial charge on any atom is 0.336 e. The number of ether oxygens (including phenoxy) is 2. The highest BCUT2D eigenvalue weighted by Crippen LogP contribution is 2.62. The fourth-order valence-corrected chi connectivity index (χ4v) is 9.59. The Balaban J connectivity index is 0.000000337. The fourth-order valence-electron chi connectivity index (χ4n) is 2.69. The van der Waals surface area contributed by atoms with Crippen LogP contribution >= 0.6 is 191 Å². The largest absolute Gasteiger partial charge is 0.422 e. The van der Waals surface area contributed by atoms with Crippen molar-refractivity contribution in [2.24, 2.45) is 0 Å². The van der Waals surface area contributed by atoms with Gasteiger partial charge in [0.25, 0.3) is 0 Å². The lowest BCUT2D eigenvalue weighted by Crippen LogP contribution is -2.61. The maximum atomic E-state index is 11.9. The number of likely N-dealkylation sites (N-methyl/N-ethyl adjacent to an activating group) is 1. The Morgan fingerprint density at radius 1 is 0.750 bits per heavy atom. The summed E-state index contributed by atoms with van der Waals surface area (Å²) in [5, 5.41) is 3.20. The van der Waals surface area contributed by atoms with E-state index in [0.717, 1.165) is 21.1 Å². The lowest BCUT2D eigenvalue weighted by atomic mass is 10.0. The summed E-state index contributed by atoms with van der Waals surface area (Å²) in [5.74, 6) is -0.814. The summed E-state index contributed by atoms with van der Waals surface area (Å²) in [5.41, 5.74) is 0. The Bertz CT molecular complexity index is 1270. The van der Waals surface area contributed by atoms with Crippen molar-refractivity contribution in [1.29, 1.82) is 0 Å². The minimum atomic E-state index is -0.715. The molecule has 0 aliphatic heterocycles. The molecule has 2 atom stereocenters. The van der Waals surface area contributed by atoms with E-state index in [1.54, 1.807) is 24.3 Å². The number of halogens is 12. The van der Waals surface area contributed by atoms with Crippen LogP contribution in [-0.4, -0.2) is 34.7 Å². The first-order valence-corrected chi connectivity index (χ1v) is 19.9. The molecule has 0 amide bonds. The molecule has 0 fully saturated rings. The summed E-state index contributed by atoms with van der Waals surface area (Å²) in [6.07, 6.45) is 6.10. The number of esters is 2. The fraction of sp³-hybridized carbons (Fsp3) is 0.217. The van der Waals surface area contributed by atoms with Crippen molar-refractivity contribution in [3.05, 3.63) is 75.4 Å². The van der Waals surface area contributed by atoms with E-state index in [1.807, 2.05) is 7.05 Å². The molecule has 0 spiro atoms. The van der Waals surface area contributed by atoms with Crippen LogP contribution in [-0.2, 0) is 9.59 Å². The van der Waals surface area contributed by atoms with Gasteiger partial charge in [0.15, 0.2) is 0 Å². The van der Waals surface area contributed by atoms with Gasteiger partial charge >= 0.3 is 11.9 Å². The van der Waals surface area contributed by atoms with E-state index in [1.165, 1.54) is 0 Å². The third-order valence-electron chi connectivity index (χ3n) is 4.86. The number of hydrogen-bond donors (Lipinski definition) is 1. The molecular formula is C23H13Br12NO4. The van der Waals surface area contributed by atoms with Gasteiger partial charge in [0.1, 0.15) is 22.4 Å². The molecule has 5 nitrogen and oxygen atoms in total. The SMILES string of the molecule is CNC1(Br)C=CC(Br)C(Br)(Br)C1(Br)Br.O=C(/C=C/C(=O)Oc1ccc(Br)c(Br)c1Br)Oc1ccc(Br)c(Br)c1Br. The van der Waals surface area contributed by atoms with Crippen molar-refractivity contribution in [3.63, 3.8) is 0 Å². The van der Waals surface area contributed by atoms with Gasteiger partial charge in [-0.25, -0.2) is 9.59 Å². The highest BCUT2D eigenvalue weighted by molar-refractivity contribution is 9.31. The average Bonchev–Trinajstić information content (AvgIpc) is 2.90. The van der Waals surface area contributed by atoms with E-state index in [2.05, 4.69) is 209 Å². The molecule has 17 heteroatoms. The van der Waals surface area contributed by atoms with E-state index in [0.29, 0.717) is 29.4 Å². The molecule has 1 N–H and O–H groups in total. The van der Waals surface area contributed by atoms with Gasteiger partial charge in [-0.05, 0) is 127 Å². The summed E-state index contributed by atoms with van der Waals surface area (Å²) >= 11 is 41.9. The Hall–Kier alpha value is 2.58. The number of hydrogen-bond acceptors (Lipinski definition) is 5. The maximum absolute atomic E-state index is 11.9. The highest BCUT2D eigenvalue weighted by Gasteiger charge is 2.61. The van der Waals surface area contributed by atoms with E-state index in [4.69, 9.17) is 9.47 Å². The second kappa shape index (κ2) is 16.4. The third-order valence-corrected chi connectivity index (χ3v) is 22.9. The standard InChI is InChI=1S/C16H6Br6O4.C7H7Br6N/c17-7-1-3-9(15(21)13(7)19)25-11(23)5-6-12(24)26-10-4-2-8(18)14(20)16(10)22;1-14-5(9)3-2-4(8)6(10,11)7(5,12)13/h1-6H;2-4,14H,1H3/b6-5+;. The summed E-state index contributed by atoms with van der Waals surface area (Å²) in [6.45, 7) is 0. The van der Waals surface area contributed by atoms with E-state index >= 15 is 0 Å². The molecule has 0 heterocycles. The second-order valence-corrected chi connectivity index (χ2v) is 21.6. The van der Waals surface area contributed by atoms with Crippen molar-refractivity contribution in [2.75, 3.05) is 7.05 Å². The van der Waals surface area contributed by atoms with Crippen molar-refractivity contribution >= 4 is 203 Å².